The van der Waals surface area contributed by atoms with Crippen molar-refractivity contribution in [1.82, 2.24) is 19.9 Å². The van der Waals surface area contributed by atoms with E-state index in [0.29, 0.717) is 23.3 Å². The summed E-state index contributed by atoms with van der Waals surface area (Å²) in [6, 6.07) is 10.5. The fraction of sp³-hybridized carbons (Fsp3) is 0.214. The summed E-state index contributed by atoms with van der Waals surface area (Å²) < 4.78 is 0. The third kappa shape index (κ3) is 1.66. The van der Waals surface area contributed by atoms with Gasteiger partial charge in [0.05, 0.1) is 0 Å². The molecule has 19 heavy (non-hydrogen) atoms. The molecule has 2 atom stereocenters. The van der Waals surface area contributed by atoms with Crippen molar-refractivity contribution in [2.24, 2.45) is 0 Å². The van der Waals surface area contributed by atoms with Gasteiger partial charge < -0.3 is 10.7 Å². The number of hydrogen-bond donors (Lipinski definition) is 2. The molecule has 0 spiro atoms. The number of rotatable bonds is 2. The molecule has 3 N–H and O–H groups in total. The summed E-state index contributed by atoms with van der Waals surface area (Å²) in [4.78, 5) is 15.9. The maximum Gasteiger partial charge on any atom is 0.183 e. The van der Waals surface area contributed by atoms with Crippen LogP contribution in [0.2, 0.25) is 0 Å². The lowest BCUT2D eigenvalue weighted by molar-refractivity contribution is 0.936. The van der Waals surface area contributed by atoms with Crippen molar-refractivity contribution in [1.29, 1.82) is 0 Å². The number of nitrogens with one attached hydrogen (secondary N) is 1. The normalized spacial score (nSPS) is 21.7. The molecule has 94 valence electrons. The van der Waals surface area contributed by atoms with Crippen LogP contribution >= 0.6 is 0 Å². The first kappa shape index (κ1) is 10.5. The van der Waals surface area contributed by atoms with Crippen LogP contribution < -0.4 is 5.73 Å². The third-order valence-corrected chi connectivity index (χ3v) is 3.71. The Bertz CT molecular complexity index is 734. The lowest BCUT2D eigenvalue weighted by Crippen LogP contribution is -1.91. The quantitative estimate of drug-likeness (QED) is 0.731. The highest BCUT2D eigenvalue weighted by Gasteiger charge is 2.41. The van der Waals surface area contributed by atoms with E-state index >= 15 is 0 Å². The van der Waals surface area contributed by atoms with Crippen LogP contribution in [0.5, 0.6) is 0 Å². The minimum Gasteiger partial charge on any atom is -0.382 e. The van der Waals surface area contributed by atoms with Gasteiger partial charge in [0.25, 0.3) is 0 Å². The molecule has 1 fully saturated rings. The van der Waals surface area contributed by atoms with E-state index in [-0.39, 0.29) is 0 Å². The molecule has 0 radical (unpaired) electrons. The van der Waals surface area contributed by atoms with Gasteiger partial charge in [-0.2, -0.15) is 0 Å². The molecule has 2 unspecified atom stereocenters. The predicted molar refractivity (Wildman–Crippen MR) is 72.6 cm³/mol. The van der Waals surface area contributed by atoms with Gasteiger partial charge in [0.15, 0.2) is 11.5 Å². The van der Waals surface area contributed by atoms with Crippen molar-refractivity contribution >= 4 is 17.0 Å². The van der Waals surface area contributed by atoms with E-state index in [1.807, 2.05) is 6.07 Å². The smallest absolute Gasteiger partial charge is 0.183 e. The molecule has 0 bridgehead atoms. The average Bonchev–Trinajstić information content (AvgIpc) is 3.12. The summed E-state index contributed by atoms with van der Waals surface area (Å²) in [5.74, 6) is 2.42. The lowest BCUT2D eigenvalue weighted by atomic mass is 10.1. The molecular formula is C14H13N5. The topological polar surface area (TPSA) is 80.5 Å². The van der Waals surface area contributed by atoms with E-state index in [1.165, 1.54) is 11.9 Å². The van der Waals surface area contributed by atoms with Crippen LogP contribution in [0.3, 0.4) is 0 Å². The molecule has 2 aromatic heterocycles. The second-order valence-electron chi connectivity index (χ2n) is 4.94. The zero-order chi connectivity index (χ0) is 12.8. The van der Waals surface area contributed by atoms with Crippen molar-refractivity contribution in [3.05, 3.63) is 48.0 Å². The zero-order valence-electron chi connectivity index (χ0n) is 10.2. The number of anilines is 1. The molecule has 2 heterocycles. The Morgan fingerprint density at radius 1 is 1.11 bits per heavy atom. The Labute approximate surface area is 109 Å². The molecule has 1 aromatic carbocycles. The molecule has 0 saturated heterocycles. The minimum atomic E-state index is 0.441. The fourth-order valence-corrected chi connectivity index (χ4v) is 2.61. The standard InChI is InChI=1S/C14H13N5/c15-12-11-14(17-7-16-12)19-13(18-11)10-6-9(10)8-4-2-1-3-5-8/h1-5,7,9-10H,6H2,(H3,15,16,17,18,19). The number of fused-ring (bicyclic) bond motifs is 1. The summed E-state index contributed by atoms with van der Waals surface area (Å²) in [5.41, 5.74) is 8.58. The molecule has 1 saturated carbocycles. The van der Waals surface area contributed by atoms with Crippen LogP contribution in [-0.4, -0.2) is 19.9 Å². The van der Waals surface area contributed by atoms with E-state index in [4.69, 9.17) is 5.73 Å². The summed E-state index contributed by atoms with van der Waals surface area (Å²) in [7, 11) is 0. The van der Waals surface area contributed by atoms with Gasteiger partial charge in [0.2, 0.25) is 0 Å². The molecule has 0 aliphatic heterocycles. The summed E-state index contributed by atoms with van der Waals surface area (Å²) >= 11 is 0. The molecule has 0 amide bonds. The number of benzene rings is 1. The number of nitrogens with zero attached hydrogens (tertiary/aromatic N) is 3. The first-order chi connectivity index (χ1) is 9.33. The zero-order valence-corrected chi connectivity index (χ0v) is 10.2. The van der Waals surface area contributed by atoms with Crippen molar-refractivity contribution in [3.63, 3.8) is 0 Å². The second kappa shape index (κ2) is 3.78. The molecule has 3 aromatic rings. The Kier molecular flexibility index (Phi) is 2.09. The van der Waals surface area contributed by atoms with Gasteiger partial charge in [-0.1, -0.05) is 30.3 Å². The maximum absolute atomic E-state index is 5.81. The molecule has 1 aliphatic carbocycles. The number of hydrogen-bond acceptors (Lipinski definition) is 4. The van der Waals surface area contributed by atoms with Crippen LogP contribution in [0.1, 0.15) is 29.6 Å². The van der Waals surface area contributed by atoms with Gasteiger partial charge in [-0.3, -0.25) is 0 Å². The first-order valence-corrected chi connectivity index (χ1v) is 6.34. The number of nitrogen functional groups attached to an aromatic ring is 1. The Morgan fingerprint density at radius 3 is 2.74 bits per heavy atom. The molecule has 1 aliphatic rings. The minimum absolute atomic E-state index is 0.441. The van der Waals surface area contributed by atoms with Gasteiger partial charge in [0.1, 0.15) is 17.7 Å². The molecule has 5 heteroatoms. The highest BCUT2D eigenvalue weighted by atomic mass is 15.1. The summed E-state index contributed by atoms with van der Waals surface area (Å²) in [6.07, 6.45) is 2.57. The number of H-pyrrole nitrogens is 1. The highest BCUT2D eigenvalue weighted by Crippen LogP contribution is 2.53. The van der Waals surface area contributed by atoms with Crippen molar-refractivity contribution in [3.8, 4) is 0 Å². The SMILES string of the molecule is Nc1ncnc2nc(C3CC3c3ccccc3)[nH]c12. The van der Waals surface area contributed by atoms with Gasteiger partial charge >= 0.3 is 0 Å². The van der Waals surface area contributed by atoms with Crippen molar-refractivity contribution in [2.45, 2.75) is 18.3 Å². The van der Waals surface area contributed by atoms with Crippen LogP contribution in [0.4, 0.5) is 5.82 Å². The maximum atomic E-state index is 5.81. The highest BCUT2D eigenvalue weighted by molar-refractivity contribution is 5.81. The Balaban J connectivity index is 1.68. The van der Waals surface area contributed by atoms with E-state index in [0.717, 1.165) is 17.8 Å². The summed E-state index contributed by atoms with van der Waals surface area (Å²) in [5, 5.41) is 0. The van der Waals surface area contributed by atoms with Gasteiger partial charge in [-0.05, 0) is 17.9 Å². The molecule has 4 rings (SSSR count). The van der Waals surface area contributed by atoms with Crippen molar-refractivity contribution < 1.29 is 0 Å². The van der Waals surface area contributed by atoms with E-state index in [9.17, 15) is 0 Å². The molecular weight excluding hydrogens is 238 g/mol. The van der Waals surface area contributed by atoms with Crippen molar-refractivity contribution in [2.75, 3.05) is 5.73 Å². The number of nitrogens with two attached hydrogens (primary N) is 1. The fourth-order valence-electron chi connectivity index (χ4n) is 2.61. The third-order valence-electron chi connectivity index (χ3n) is 3.71. The number of aromatic nitrogens is 4. The largest absolute Gasteiger partial charge is 0.382 e. The average molecular weight is 251 g/mol. The van der Waals surface area contributed by atoms with Gasteiger partial charge in [0, 0.05) is 5.92 Å². The van der Waals surface area contributed by atoms with Crippen LogP contribution in [0.15, 0.2) is 36.7 Å². The predicted octanol–water partition coefficient (Wildman–Crippen LogP) is 2.21. The van der Waals surface area contributed by atoms with E-state index in [1.54, 1.807) is 0 Å². The number of aromatic amines is 1. The second-order valence-corrected chi connectivity index (χ2v) is 4.94. The van der Waals surface area contributed by atoms with E-state index in [2.05, 4.69) is 44.2 Å². The van der Waals surface area contributed by atoms with Gasteiger partial charge in [-0.25, -0.2) is 15.0 Å². The van der Waals surface area contributed by atoms with E-state index < -0.39 is 0 Å². The van der Waals surface area contributed by atoms with Crippen LogP contribution in [0.25, 0.3) is 11.2 Å². The Morgan fingerprint density at radius 2 is 1.95 bits per heavy atom. The number of imidazole rings is 1. The monoisotopic (exact) mass is 251 g/mol. The Hall–Kier alpha value is -2.43. The lowest BCUT2D eigenvalue weighted by Gasteiger charge is -1.97. The molecule has 5 nitrogen and oxygen atoms in total. The van der Waals surface area contributed by atoms with Gasteiger partial charge in [-0.15, -0.1) is 0 Å². The summed E-state index contributed by atoms with van der Waals surface area (Å²) in [6.45, 7) is 0. The van der Waals surface area contributed by atoms with Crippen LogP contribution in [-0.2, 0) is 0 Å². The van der Waals surface area contributed by atoms with Crippen LogP contribution in [0, 0.1) is 0 Å². The first-order valence-electron chi connectivity index (χ1n) is 6.34.